The zero-order valence-electron chi connectivity index (χ0n) is 11.9. The Morgan fingerprint density at radius 3 is 2.70 bits per heavy atom. The van der Waals surface area contributed by atoms with Crippen molar-refractivity contribution in [2.45, 2.75) is 18.2 Å². The first-order valence-corrected chi connectivity index (χ1v) is 7.75. The monoisotopic (exact) mass is 342 g/mol. The molecule has 2 rings (SSSR count). The summed E-state index contributed by atoms with van der Waals surface area (Å²) in [4.78, 5) is 12.3. The molecule has 0 spiro atoms. The van der Waals surface area contributed by atoms with Crippen LogP contribution < -0.4 is 0 Å². The summed E-state index contributed by atoms with van der Waals surface area (Å²) in [5, 5.41) is 34.2. The summed E-state index contributed by atoms with van der Waals surface area (Å²) >= 11 is 5.41. The molecule has 23 heavy (non-hydrogen) atoms. The van der Waals surface area contributed by atoms with Gasteiger partial charge in [-0.1, -0.05) is 23.5 Å². The molecule has 0 amide bonds. The van der Waals surface area contributed by atoms with Crippen LogP contribution in [-0.4, -0.2) is 22.0 Å². The number of Topliss-reactive ketones (excluding diaryl/α,β-unsaturated/α-hetero) is 1. The average molecular weight is 342 g/mol. The molecular formula is C14H10N6OS2. The molecule has 7 nitrogen and oxygen atoms in total. The summed E-state index contributed by atoms with van der Waals surface area (Å²) in [6, 6.07) is 8.58. The zero-order chi connectivity index (χ0) is 16.8. The fourth-order valence-corrected chi connectivity index (χ4v) is 2.44. The van der Waals surface area contributed by atoms with Crippen LogP contribution in [0, 0.1) is 22.7 Å². The van der Waals surface area contributed by atoms with E-state index in [1.165, 1.54) is 23.5 Å². The quantitative estimate of drug-likeness (QED) is 0.508. The third-order valence-electron chi connectivity index (χ3n) is 2.73. The first-order chi connectivity index (χ1) is 11.1. The van der Waals surface area contributed by atoms with Gasteiger partial charge in [-0.25, -0.2) is 0 Å². The largest absolute Gasteiger partial charge is 0.290 e. The standard InChI is InChI=1S/C14H10N6OS2/c1-8(22)13-18-20-14(23-13)19-17-11(7-16)12(21)10-5-3-2-4-9(10)6-15/h2-5,8,11,22H,1H3. The molecule has 0 radical (unpaired) electrons. The minimum absolute atomic E-state index is 0.0904. The fourth-order valence-electron chi connectivity index (χ4n) is 1.62. The lowest BCUT2D eigenvalue weighted by Gasteiger charge is -2.03. The average Bonchev–Trinajstić information content (AvgIpc) is 3.04. The van der Waals surface area contributed by atoms with E-state index in [9.17, 15) is 4.79 Å². The van der Waals surface area contributed by atoms with Crippen molar-refractivity contribution in [3.8, 4) is 12.1 Å². The number of nitrogens with zero attached hydrogens (tertiary/aromatic N) is 6. The smallest absolute Gasteiger partial charge is 0.251 e. The molecular weight excluding hydrogens is 332 g/mol. The molecule has 2 atom stereocenters. The molecule has 2 aromatic rings. The normalized spacial score (nSPS) is 13.2. The first kappa shape index (κ1) is 16.7. The summed E-state index contributed by atoms with van der Waals surface area (Å²) < 4.78 is 0. The Bertz CT molecular complexity index is 830. The number of aromatic nitrogens is 2. The Labute approximate surface area is 141 Å². The highest BCUT2D eigenvalue weighted by atomic mass is 32.1. The lowest BCUT2D eigenvalue weighted by molar-refractivity contribution is 0.0979. The molecule has 114 valence electrons. The number of hydrogen-bond donors (Lipinski definition) is 1. The SMILES string of the molecule is CC(S)c1nnc(N=NC(C#N)C(=O)c2ccccc2C#N)s1. The van der Waals surface area contributed by atoms with Crippen LogP contribution in [-0.2, 0) is 0 Å². The van der Waals surface area contributed by atoms with Gasteiger partial charge in [-0.15, -0.1) is 15.3 Å². The maximum Gasteiger partial charge on any atom is 0.251 e. The van der Waals surface area contributed by atoms with Crippen molar-refractivity contribution in [2.75, 3.05) is 0 Å². The topological polar surface area (TPSA) is 115 Å². The number of hydrogen-bond acceptors (Lipinski definition) is 9. The number of carbonyl (C=O) groups excluding carboxylic acids is 1. The van der Waals surface area contributed by atoms with Gasteiger partial charge in [0.05, 0.1) is 23.0 Å². The molecule has 0 saturated heterocycles. The molecule has 0 aliphatic carbocycles. The summed E-state index contributed by atoms with van der Waals surface area (Å²) in [5.41, 5.74) is 0.331. The van der Waals surface area contributed by atoms with Crippen molar-refractivity contribution in [2.24, 2.45) is 10.2 Å². The molecule has 0 aliphatic rings. The van der Waals surface area contributed by atoms with Gasteiger partial charge in [0.1, 0.15) is 5.01 Å². The van der Waals surface area contributed by atoms with Crippen LogP contribution in [0.2, 0.25) is 0 Å². The van der Waals surface area contributed by atoms with Gasteiger partial charge >= 0.3 is 0 Å². The molecule has 1 aromatic heterocycles. The molecule has 2 unspecified atom stereocenters. The molecule has 9 heteroatoms. The summed E-state index contributed by atoms with van der Waals surface area (Å²) in [7, 11) is 0. The Balaban J connectivity index is 2.22. The Morgan fingerprint density at radius 1 is 1.35 bits per heavy atom. The predicted molar refractivity (Wildman–Crippen MR) is 86.7 cm³/mol. The zero-order valence-corrected chi connectivity index (χ0v) is 13.6. The molecule has 0 fully saturated rings. The van der Waals surface area contributed by atoms with E-state index in [4.69, 9.17) is 10.5 Å². The molecule has 1 aromatic carbocycles. The molecule has 0 bridgehead atoms. The summed E-state index contributed by atoms with van der Waals surface area (Å²) in [5.74, 6) is -0.583. The van der Waals surface area contributed by atoms with Gasteiger partial charge in [-0.05, 0) is 19.1 Å². The van der Waals surface area contributed by atoms with Crippen LogP contribution in [0.3, 0.4) is 0 Å². The molecule has 0 saturated carbocycles. The number of azo groups is 1. The number of rotatable bonds is 5. The first-order valence-electron chi connectivity index (χ1n) is 6.42. The van der Waals surface area contributed by atoms with Crippen LogP contribution in [0.1, 0.15) is 33.1 Å². The van der Waals surface area contributed by atoms with Gasteiger partial charge in [-0.2, -0.15) is 28.3 Å². The Hall–Kier alpha value is -2.62. The van der Waals surface area contributed by atoms with E-state index in [-0.39, 0.29) is 21.5 Å². The third-order valence-corrected chi connectivity index (χ3v) is 4.14. The Kier molecular flexibility index (Phi) is 5.52. The van der Waals surface area contributed by atoms with Crippen LogP contribution in [0.5, 0.6) is 0 Å². The fraction of sp³-hybridized carbons (Fsp3) is 0.214. The van der Waals surface area contributed by atoms with Gasteiger partial charge in [0.25, 0.3) is 5.13 Å². The highest BCUT2D eigenvalue weighted by Crippen LogP contribution is 2.27. The van der Waals surface area contributed by atoms with E-state index >= 15 is 0 Å². The van der Waals surface area contributed by atoms with Gasteiger partial charge in [0.15, 0.2) is 0 Å². The summed E-state index contributed by atoms with van der Waals surface area (Å²) in [6.07, 6.45) is 0. The minimum Gasteiger partial charge on any atom is -0.290 e. The second-order valence-corrected chi connectivity index (χ2v) is 6.13. The maximum atomic E-state index is 12.3. The predicted octanol–water partition coefficient (Wildman–Crippen LogP) is 3.26. The molecule has 0 aliphatic heterocycles. The van der Waals surface area contributed by atoms with Crippen LogP contribution >= 0.6 is 24.0 Å². The van der Waals surface area contributed by atoms with Crippen LogP contribution in [0.4, 0.5) is 5.13 Å². The Morgan fingerprint density at radius 2 is 2.09 bits per heavy atom. The van der Waals surface area contributed by atoms with E-state index in [1.807, 2.05) is 13.0 Å². The lowest BCUT2D eigenvalue weighted by Crippen LogP contribution is -2.17. The van der Waals surface area contributed by atoms with Crippen molar-refractivity contribution >= 4 is 34.9 Å². The maximum absolute atomic E-state index is 12.3. The minimum atomic E-state index is -1.34. The van der Waals surface area contributed by atoms with Gasteiger partial charge in [-0.3, -0.25) is 4.79 Å². The van der Waals surface area contributed by atoms with Gasteiger partial charge < -0.3 is 0 Å². The summed E-state index contributed by atoms with van der Waals surface area (Å²) in [6.45, 7) is 1.84. The molecule has 1 heterocycles. The van der Waals surface area contributed by atoms with Crippen molar-refractivity contribution in [3.63, 3.8) is 0 Å². The highest BCUT2D eigenvalue weighted by molar-refractivity contribution is 7.80. The van der Waals surface area contributed by atoms with Gasteiger partial charge in [0.2, 0.25) is 11.8 Å². The van der Waals surface area contributed by atoms with E-state index in [1.54, 1.807) is 18.2 Å². The number of thiol groups is 1. The number of nitriles is 2. The van der Waals surface area contributed by atoms with E-state index in [0.717, 1.165) is 0 Å². The third kappa shape index (κ3) is 3.97. The van der Waals surface area contributed by atoms with Crippen molar-refractivity contribution in [1.82, 2.24) is 10.2 Å². The number of carbonyl (C=O) groups is 1. The van der Waals surface area contributed by atoms with E-state index < -0.39 is 11.8 Å². The molecule has 0 N–H and O–H groups in total. The number of ketones is 1. The van der Waals surface area contributed by atoms with Crippen LogP contribution in [0.25, 0.3) is 0 Å². The highest BCUT2D eigenvalue weighted by Gasteiger charge is 2.22. The van der Waals surface area contributed by atoms with Gasteiger partial charge in [0, 0.05) is 5.56 Å². The van der Waals surface area contributed by atoms with Crippen molar-refractivity contribution in [3.05, 3.63) is 40.4 Å². The van der Waals surface area contributed by atoms with E-state index in [2.05, 4.69) is 33.1 Å². The van der Waals surface area contributed by atoms with Crippen LogP contribution in [0.15, 0.2) is 34.5 Å². The van der Waals surface area contributed by atoms with E-state index in [0.29, 0.717) is 5.01 Å². The van der Waals surface area contributed by atoms with Crippen molar-refractivity contribution < 1.29 is 4.79 Å². The second kappa shape index (κ2) is 7.58. The lowest BCUT2D eigenvalue weighted by atomic mass is 10.0. The number of benzene rings is 1. The van der Waals surface area contributed by atoms with Crippen molar-refractivity contribution in [1.29, 1.82) is 10.5 Å². The second-order valence-electron chi connectivity index (χ2n) is 4.37.